The number of benzene rings is 1. The second-order valence-electron chi connectivity index (χ2n) is 5.96. The van der Waals surface area contributed by atoms with Crippen LogP contribution >= 0.6 is 0 Å². The molecule has 3 heterocycles. The van der Waals surface area contributed by atoms with E-state index in [1.165, 1.54) is 11.1 Å². The Balaban J connectivity index is 1.69. The molecule has 0 saturated carbocycles. The molecule has 1 aliphatic rings. The molecule has 0 radical (unpaired) electrons. The van der Waals surface area contributed by atoms with Crippen LogP contribution in [0.2, 0.25) is 0 Å². The first-order valence-electron chi connectivity index (χ1n) is 7.99. The Morgan fingerprint density at radius 2 is 2.04 bits per heavy atom. The average molecular weight is 308 g/mol. The van der Waals surface area contributed by atoms with Gasteiger partial charge >= 0.3 is 0 Å². The normalized spacial score (nSPS) is 15.3. The predicted octanol–water partition coefficient (Wildman–Crippen LogP) is 1.59. The summed E-state index contributed by atoms with van der Waals surface area (Å²) in [5.41, 5.74) is 3.39. The number of aromatic nitrogens is 4. The lowest BCUT2D eigenvalue weighted by Crippen LogP contribution is -2.44. The Labute approximate surface area is 135 Å². The van der Waals surface area contributed by atoms with Gasteiger partial charge in [-0.2, -0.15) is 5.10 Å². The molecule has 1 aromatic carbocycles. The molecule has 118 valence electrons. The molecular weight excluding hydrogens is 288 g/mol. The molecule has 0 bridgehead atoms. The van der Waals surface area contributed by atoms with Gasteiger partial charge < -0.3 is 10.2 Å². The highest BCUT2D eigenvalue weighted by Gasteiger charge is 2.17. The lowest BCUT2D eigenvalue weighted by molar-refractivity contribution is 0.586. The average Bonchev–Trinajstić information content (AvgIpc) is 2.99. The zero-order chi connectivity index (χ0) is 15.6. The van der Waals surface area contributed by atoms with Gasteiger partial charge in [0.15, 0.2) is 5.65 Å². The zero-order valence-corrected chi connectivity index (χ0v) is 13.2. The Bertz CT molecular complexity index is 819. The van der Waals surface area contributed by atoms with E-state index in [0.29, 0.717) is 0 Å². The molecule has 0 atom stereocenters. The molecule has 0 spiro atoms. The Morgan fingerprint density at radius 3 is 2.87 bits per heavy atom. The Morgan fingerprint density at radius 1 is 1.17 bits per heavy atom. The fourth-order valence-corrected chi connectivity index (χ4v) is 3.11. The summed E-state index contributed by atoms with van der Waals surface area (Å²) in [4.78, 5) is 11.3. The number of piperazine rings is 1. The minimum Gasteiger partial charge on any atom is -0.353 e. The number of nitrogens with zero attached hydrogens (tertiary/aromatic N) is 5. The van der Waals surface area contributed by atoms with Crippen molar-refractivity contribution in [1.82, 2.24) is 25.1 Å². The summed E-state index contributed by atoms with van der Waals surface area (Å²) in [5, 5.41) is 8.95. The van der Waals surface area contributed by atoms with Gasteiger partial charge in [-0.1, -0.05) is 29.8 Å². The minimum atomic E-state index is 0.725. The molecule has 1 saturated heterocycles. The number of hydrogen-bond donors (Lipinski definition) is 1. The van der Waals surface area contributed by atoms with Crippen molar-refractivity contribution in [1.29, 1.82) is 0 Å². The highest BCUT2D eigenvalue weighted by Crippen LogP contribution is 2.23. The van der Waals surface area contributed by atoms with E-state index >= 15 is 0 Å². The van der Waals surface area contributed by atoms with Crippen LogP contribution in [-0.2, 0) is 6.54 Å². The summed E-state index contributed by atoms with van der Waals surface area (Å²) in [7, 11) is 0. The van der Waals surface area contributed by atoms with Crippen LogP contribution in [0.4, 0.5) is 5.82 Å². The van der Waals surface area contributed by atoms with Crippen LogP contribution in [0, 0.1) is 6.92 Å². The first kappa shape index (κ1) is 14.1. The molecule has 4 rings (SSSR count). The molecule has 3 aromatic rings. The van der Waals surface area contributed by atoms with Crippen molar-refractivity contribution in [3.05, 3.63) is 47.9 Å². The largest absolute Gasteiger partial charge is 0.353 e. The second kappa shape index (κ2) is 5.96. The van der Waals surface area contributed by atoms with Crippen molar-refractivity contribution in [2.45, 2.75) is 13.5 Å². The van der Waals surface area contributed by atoms with Crippen molar-refractivity contribution >= 4 is 16.9 Å². The predicted molar refractivity (Wildman–Crippen MR) is 90.7 cm³/mol. The summed E-state index contributed by atoms with van der Waals surface area (Å²) >= 11 is 0. The molecule has 2 aromatic heterocycles. The zero-order valence-electron chi connectivity index (χ0n) is 13.2. The van der Waals surface area contributed by atoms with Crippen LogP contribution in [0.5, 0.6) is 0 Å². The van der Waals surface area contributed by atoms with E-state index in [1.807, 2.05) is 10.9 Å². The van der Waals surface area contributed by atoms with Crippen LogP contribution < -0.4 is 10.2 Å². The molecular formula is C17H20N6. The van der Waals surface area contributed by atoms with Crippen LogP contribution in [0.1, 0.15) is 11.1 Å². The standard InChI is InChI=1S/C17H20N6/c1-13-3-2-4-14(9-13)11-23-17-15(10-21-23)16(19-12-20-17)22-7-5-18-6-8-22/h2-4,9-10,12,18H,5-8,11H2,1H3. The van der Waals surface area contributed by atoms with Crippen molar-refractivity contribution in [2.75, 3.05) is 31.1 Å². The number of fused-ring (bicyclic) bond motifs is 1. The third kappa shape index (κ3) is 2.77. The third-order valence-corrected chi connectivity index (χ3v) is 4.24. The van der Waals surface area contributed by atoms with E-state index in [2.05, 4.69) is 56.5 Å². The molecule has 1 aliphatic heterocycles. The van der Waals surface area contributed by atoms with Gasteiger partial charge in [-0.05, 0) is 12.5 Å². The van der Waals surface area contributed by atoms with Gasteiger partial charge in [-0.15, -0.1) is 0 Å². The lowest BCUT2D eigenvalue weighted by atomic mass is 10.1. The van der Waals surface area contributed by atoms with Gasteiger partial charge in [0.1, 0.15) is 12.1 Å². The van der Waals surface area contributed by atoms with Crippen LogP contribution in [0.3, 0.4) is 0 Å². The second-order valence-corrected chi connectivity index (χ2v) is 5.96. The number of rotatable bonds is 3. The highest BCUT2D eigenvalue weighted by molar-refractivity contribution is 5.86. The maximum atomic E-state index is 4.55. The van der Waals surface area contributed by atoms with E-state index in [4.69, 9.17) is 0 Å². The maximum absolute atomic E-state index is 4.55. The number of hydrogen-bond acceptors (Lipinski definition) is 5. The SMILES string of the molecule is Cc1cccc(Cn2ncc3c(N4CCNCC4)ncnc32)c1. The van der Waals surface area contributed by atoms with Gasteiger partial charge in [0, 0.05) is 26.2 Å². The summed E-state index contributed by atoms with van der Waals surface area (Å²) in [5.74, 6) is 0.993. The van der Waals surface area contributed by atoms with Crippen molar-refractivity contribution in [2.24, 2.45) is 0 Å². The summed E-state index contributed by atoms with van der Waals surface area (Å²) in [6, 6.07) is 8.50. The summed E-state index contributed by atoms with van der Waals surface area (Å²) in [6.45, 7) is 6.74. The maximum Gasteiger partial charge on any atom is 0.163 e. The Hall–Kier alpha value is -2.47. The van der Waals surface area contributed by atoms with Crippen molar-refractivity contribution in [3.8, 4) is 0 Å². The van der Waals surface area contributed by atoms with E-state index in [9.17, 15) is 0 Å². The van der Waals surface area contributed by atoms with Gasteiger partial charge in [-0.25, -0.2) is 14.6 Å². The molecule has 0 unspecified atom stereocenters. The van der Waals surface area contributed by atoms with Crippen molar-refractivity contribution in [3.63, 3.8) is 0 Å². The van der Waals surface area contributed by atoms with E-state index in [-0.39, 0.29) is 0 Å². The number of nitrogens with one attached hydrogen (secondary N) is 1. The molecule has 0 amide bonds. The first-order chi connectivity index (χ1) is 11.3. The van der Waals surface area contributed by atoms with Crippen molar-refractivity contribution < 1.29 is 0 Å². The third-order valence-electron chi connectivity index (χ3n) is 4.24. The highest BCUT2D eigenvalue weighted by atomic mass is 15.3. The minimum absolute atomic E-state index is 0.725. The fraction of sp³-hybridized carbons (Fsp3) is 0.353. The van der Waals surface area contributed by atoms with Crippen LogP contribution in [0.15, 0.2) is 36.8 Å². The smallest absolute Gasteiger partial charge is 0.163 e. The van der Waals surface area contributed by atoms with Crippen LogP contribution in [-0.4, -0.2) is 45.9 Å². The molecule has 23 heavy (non-hydrogen) atoms. The molecule has 0 aliphatic carbocycles. The molecule has 6 heteroatoms. The quantitative estimate of drug-likeness (QED) is 0.796. The number of aryl methyl sites for hydroxylation is 1. The lowest BCUT2D eigenvalue weighted by Gasteiger charge is -2.28. The van der Waals surface area contributed by atoms with Crippen LogP contribution in [0.25, 0.3) is 11.0 Å². The molecule has 1 N–H and O–H groups in total. The molecule has 1 fully saturated rings. The van der Waals surface area contributed by atoms with Gasteiger partial charge in [-0.3, -0.25) is 0 Å². The topological polar surface area (TPSA) is 58.9 Å². The van der Waals surface area contributed by atoms with E-state index in [0.717, 1.165) is 49.6 Å². The number of anilines is 1. The summed E-state index contributed by atoms with van der Waals surface area (Å²) < 4.78 is 1.96. The fourth-order valence-electron chi connectivity index (χ4n) is 3.11. The van der Waals surface area contributed by atoms with E-state index < -0.39 is 0 Å². The van der Waals surface area contributed by atoms with Gasteiger partial charge in [0.05, 0.1) is 18.1 Å². The van der Waals surface area contributed by atoms with E-state index in [1.54, 1.807) is 6.33 Å². The van der Waals surface area contributed by atoms with Gasteiger partial charge in [0.25, 0.3) is 0 Å². The first-order valence-corrected chi connectivity index (χ1v) is 7.99. The molecule has 6 nitrogen and oxygen atoms in total. The monoisotopic (exact) mass is 308 g/mol. The summed E-state index contributed by atoms with van der Waals surface area (Å²) in [6.07, 6.45) is 3.54. The Kier molecular flexibility index (Phi) is 3.67. The van der Waals surface area contributed by atoms with Gasteiger partial charge in [0.2, 0.25) is 0 Å².